The maximum Gasteiger partial charge on any atom is 0.275 e. The van der Waals surface area contributed by atoms with Gasteiger partial charge in [-0.05, 0) is 37.3 Å². The number of rotatable bonds is 4. The van der Waals surface area contributed by atoms with Gasteiger partial charge in [-0.3, -0.25) is 9.59 Å². The van der Waals surface area contributed by atoms with Crippen LogP contribution in [0, 0.1) is 6.92 Å². The van der Waals surface area contributed by atoms with E-state index in [-0.39, 0.29) is 24.1 Å². The lowest BCUT2D eigenvalue weighted by molar-refractivity contribution is -0.120. The van der Waals surface area contributed by atoms with Gasteiger partial charge in [-0.1, -0.05) is 35.6 Å². The van der Waals surface area contributed by atoms with Crippen LogP contribution in [-0.2, 0) is 11.2 Å². The van der Waals surface area contributed by atoms with E-state index < -0.39 is 0 Å². The Balaban J connectivity index is 1.47. The minimum Gasteiger partial charge on any atom is -0.348 e. The third-order valence-corrected chi connectivity index (χ3v) is 5.80. The molecule has 0 unspecified atom stereocenters. The van der Waals surface area contributed by atoms with Gasteiger partial charge in [-0.25, -0.2) is 4.98 Å². The second kappa shape index (κ2) is 7.11. The Bertz CT molecular complexity index is 1060. The molecule has 2 aromatic heterocycles. The molecule has 8 heteroatoms. The van der Waals surface area contributed by atoms with Crippen LogP contribution < -0.4 is 15.8 Å². The molecule has 2 heterocycles. The number of nitrogens with zero attached hydrogens (tertiary/aromatic N) is 4. The van der Waals surface area contributed by atoms with Gasteiger partial charge in [0.2, 0.25) is 16.0 Å². The lowest BCUT2D eigenvalue weighted by Crippen LogP contribution is -2.38. The molecule has 140 valence electrons. The fourth-order valence-electron chi connectivity index (χ4n) is 3.49. The Labute approximate surface area is 160 Å². The summed E-state index contributed by atoms with van der Waals surface area (Å²) in [6.07, 6.45) is 3.09. The molecule has 3 aromatic rings. The van der Waals surface area contributed by atoms with E-state index in [4.69, 9.17) is 0 Å². The standard InChI is InChI=1S/C19H21N5O2S/c1-12-10-17(26)24-18(20-12)27-19(22-24)23(2)11-16(25)21-15-9-5-7-13-6-3-4-8-14(13)15/h3-4,6,8,10,15H,5,7,9,11H2,1-2H3,(H,21,25)/t15-/m0/s1. The van der Waals surface area contributed by atoms with Crippen molar-refractivity contribution in [1.82, 2.24) is 19.9 Å². The average Bonchev–Trinajstić information content (AvgIpc) is 3.06. The average molecular weight is 383 g/mol. The van der Waals surface area contributed by atoms with Crippen LogP contribution in [0.1, 0.15) is 35.7 Å². The zero-order valence-corrected chi connectivity index (χ0v) is 16.1. The Hall–Kier alpha value is -2.74. The van der Waals surface area contributed by atoms with Crippen molar-refractivity contribution in [1.29, 1.82) is 0 Å². The van der Waals surface area contributed by atoms with Crippen molar-refractivity contribution >= 4 is 27.3 Å². The van der Waals surface area contributed by atoms with Gasteiger partial charge in [-0.15, -0.1) is 5.10 Å². The first kappa shape index (κ1) is 17.7. The second-order valence-corrected chi connectivity index (χ2v) is 7.82. The van der Waals surface area contributed by atoms with Crippen LogP contribution in [-0.4, -0.2) is 34.1 Å². The monoisotopic (exact) mass is 383 g/mol. The number of anilines is 1. The van der Waals surface area contributed by atoms with Crippen molar-refractivity contribution in [3.05, 3.63) is 57.5 Å². The fraction of sp³-hybridized carbons (Fsp3) is 0.368. The summed E-state index contributed by atoms with van der Waals surface area (Å²) in [7, 11) is 1.80. The Kier molecular flexibility index (Phi) is 4.65. The van der Waals surface area contributed by atoms with Crippen molar-refractivity contribution in [2.45, 2.75) is 32.2 Å². The molecule has 1 aliphatic carbocycles. The number of hydrogen-bond acceptors (Lipinski definition) is 6. The largest absolute Gasteiger partial charge is 0.348 e. The Morgan fingerprint density at radius 3 is 3.07 bits per heavy atom. The number of carbonyl (C=O) groups excluding carboxylic acids is 1. The maximum atomic E-state index is 12.6. The molecule has 4 rings (SSSR count). The van der Waals surface area contributed by atoms with Crippen LogP contribution in [0.2, 0.25) is 0 Å². The summed E-state index contributed by atoms with van der Waals surface area (Å²) in [6.45, 7) is 1.95. The third kappa shape index (κ3) is 3.57. The summed E-state index contributed by atoms with van der Waals surface area (Å²) in [5.41, 5.74) is 2.98. The zero-order valence-electron chi connectivity index (χ0n) is 15.3. The number of nitrogens with one attached hydrogen (secondary N) is 1. The van der Waals surface area contributed by atoms with Gasteiger partial charge in [0, 0.05) is 18.8 Å². The summed E-state index contributed by atoms with van der Waals surface area (Å²) >= 11 is 1.30. The SMILES string of the molecule is Cc1cc(=O)n2nc(N(C)CC(=O)N[C@H]3CCCc4ccccc43)sc2n1. The predicted octanol–water partition coefficient (Wildman–Crippen LogP) is 2.09. The van der Waals surface area contributed by atoms with E-state index in [1.807, 2.05) is 12.1 Å². The molecule has 0 fully saturated rings. The molecular weight excluding hydrogens is 362 g/mol. The minimum absolute atomic E-state index is 0.0538. The van der Waals surface area contributed by atoms with E-state index in [1.54, 1.807) is 18.9 Å². The maximum absolute atomic E-state index is 12.6. The van der Waals surface area contributed by atoms with E-state index >= 15 is 0 Å². The molecule has 0 bridgehead atoms. The van der Waals surface area contributed by atoms with Crippen molar-refractivity contribution in [2.24, 2.45) is 0 Å². The van der Waals surface area contributed by atoms with Crippen molar-refractivity contribution in [3.8, 4) is 0 Å². The number of hydrogen-bond donors (Lipinski definition) is 1. The summed E-state index contributed by atoms with van der Waals surface area (Å²) in [4.78, 5) is 31.2. The number of aromatic nitrogens is 3. The normalized spacial score (nSPS) is 16.1. The van der Waals surface area contributed by atoms with Crippen molar-refractivity contribution < 1.29 is 4.79 Å². The van der Waals surface area contributed by atoms with Crippen LogP contribution in [0.25, 0.3) is 4.96 Å². The highest BCUT2D eigenvalue weighted by atomic mass is 32.1. The first-order chi connectivity index (χ1) is 13.0. The van der Waals surface area contributed by atoms with Crippen LogP contribution in [0.4, 0.5) is 5.13 Å². The van der Waals surface area contributed by atoms with Gasteiger partial charge in [0.15, 0.2) is 0 Å². The van der Waals surface area contributed by atoms with E-state index in [0.717, 1.165) is 19.3 Å². The summed E-state index contributed by atoms with van der Waals surface area (Å²) in [6, 6.07) is 9.79. The molecule has 1 amide bonds. The fourth-order valence-corrected chi connectivity index (χ4v) is 4.40. The highest BCUT2D eigenvalue weighted by Gasteiger charge is 2.22. The van der Waals surface area contributed by atoms with E-state index in [9.17, 15) is 9.59 Å². The van der Waals surface area contributed by atoms with Crippen LogP contribution >= 0.6 is 11.3 Å². The lowest BCUT2D eigenvalue weighted by atomic mass is 9.88. The molecule has 0 radical (unpaired) electrons. The van der Waals surface area contributed by atoms with E-state index in [1.165, 1.54) is 33.0 Å². The first-order valence-electron chi connectivity index (χ1n) is 8.97. The molecule has 1 N–H and O–H groups in total. The van der Waals surface area contributed by atoms with Gasteiger partial charge in [0.25, 0.3) is 5.56 Å². The number of fused-ring (bicyclic) bond motifs is 2. The zero-order chi connectivity index (χ0) is 19.0. The van der Waals surface area contributed by atoms with Gasteiger partial charge in [0.1, 0.15) is 0 Å². The molecule has 1 aliphatic rings. The molecule has 0 saturated carbocycles. The minimum atomic E-state index is -0.211. The van der Waals surface area contributed by atoms with Crippen molar-refractivity contribution in [3.63, 3.8) is 0 Å². The molecular formula is C19H21N5O2S. The Morgan fingerprint density at radius 2 is 2.22 bits per heavy atom. The molecule has 0 aliphatic heterocycles. The van der Waals surface area contributed by atoms with Crippen LogP contribution in [0.15, 0.2) is 35.1 Å². The number of benzene rings is 1. The summed E-state index contributed by atoms with van der Waals surface area (Å²) < 4.78 is 1.28. The quantitative estimate of drug-likeness (QED) is 0.746. The highest BCUT2D eigenvalue weighted by molar-refractivity contribution is 7.20. The van der Waals surface area contributed by atoms with Gasteiger partial charge in [0.05, 0.1) is 12.6 Å². The molecule has 7 nitrogen and oxygen atoms in total. The number of likely N-dealkylation sites (N-methyl/N-ethyl adjacent to an activating group) is 1. The second-order valence-electron chi connectivity index (χ2n) is 6.88. The van der Waals surface area contributed by atoms with E-state index in [0.29, 0.717) is 15.8 Å². The van der Waals surface area contributed by atoms with Crippen LogP contribution in [0.3, 0.4) is 0 Å². The van der Waals surface area contributed by atoms with Crippen LogP contribution in [0.5, 0.6) is 0 Å². The summed E-state index contributed by atoms with van der Waals surface area (Å²) in [5.74, 6) is -0.0602. The molecule has 1 aromatic carbocycles. The molecule has 27 heavy (non-hydrogen) atoms. The first-order valence-corrected chi connectivity index (χ1v) is 9.79. The molecule has 0 spiro atoms. The predicted molar refractivity (Wildman–Crippen MR) is 105 cm³/mol. The topological polar surface area (TPSA) is 79.6 Å². The van der Waals surface area contributed by atoms with Gasteiger partial charge < -0.3 is 10.2 Å². The molecule has 0 saturated heterocycles. The lowest BCUT2D eigenvalue weighted by Gasteiger charge is -2.27. The number of carbonyl (C=O) groups is 1. The van der Waals surface area contributed by atoms with Gasteiger partial charge in [-0.2, -0.15) is 4.52 Å². The Morgan fingerprint density at radius 1 is 1.41 bits per heavy atom. The smallest absolute Gasteiger partial charge is 0.275 e. The van der Waals surface area contributed by atoms with Gasteiger partial charge >= 0.3 is 0 Å². The van der Waals surface area contributed by atoms with E-state index in [2.05, 4.69) is 27.5 Å². The number of aryl methyl sites for hydroxylation is 2. The molecule has 1 atom stereocenters. The summed E-state index contributed by atoms with van der Waals surface area (Å²) in [5, 5.41) is 8.02. The highest BCUT2D eigenvalue weighted by Crippen LogP contribution is 2.29. The van der Waals surface area contributed by atoms with Crippen molar-refractivity contribution in [2.75, 3.05) is 18.5 Å². The number of amides is 1. The third-order valence-electron chi connectivity index (χ3n) is 4.77.